The third kappa shape index (κ3) is 3.02. The Morgan fingerprint density at radius 3 is 2.35 bits per heavy atom. The third-order valence-corrected chi connectivity index (χ3v) is 6.99. The Kier molecular flexibility index (Phi) is 4.48. The van der Waals surface area contributed by atoms with Gasteiger partial charge in [-0.05, 0) is 63.9 Å². The van der Waals surface area contributed by atoms with Crippen LogP contribution in [0.2, 0.25) is 0 Å². The van der Waals surface area contributed by atoms with Crippen LogP contribution in [0.4, 0.5) is 0 Å². The Labute approximate surface area is 147 Å². The molecular weight excluding hydrogens is 326 g/mol. The Balaban J connectivity index is 1.77. The first-order valence-corrected chi connectivity index (χ1v) is 10.1. The van der Waals surface area contributed by atoms with Crippen LogP contribution in [-0.2, 0) is 16.4 Å². The maximum absolute atomic E-state index is 12.5. The van der Waals surface area contributed by atoms with Crippen LogP contribution < -0.4 is 0 Å². The van der Waals surface area contributed by atoms with E-state index in [2.05, 4.69) is 34.7 Å². The molecule has 23 heavy (non-hydrogen) atoms. The van der Waals surface area contributed by atoms with E-state index in [1.165, 1.54) is 5.56 Å². The van der Waals surface area contributed by atoms with Crippen molar-refractivity contribution >= 4 is 28.3 Å². The maximum atomic E-state index is 12.5. The van der Waals surface area contributed by atoms with Crippen molar-refractivity contribution < 1.29 is 4.21 Å². The van der Waals surface area contributed by atoms with Gasteiger partial charge in [-0.3, -0.25) is 0 Å². The molecule has 3 fully saturated rings. The molecule has 0 heterocycles. The average molecular weight is 352 g/mol. The Bertz CT molecular complexity index is 613. The Morgan fingerprint density at radius 1 is 1.22 bits per heavy atom. The van der Waals surface area contributed by atoms with Gasteiger partial charge in [-0.2, -0.15) is 4.40 Å². The van der Waals surface area contributed by atoms with Gasteiger partial charge in [0.05, 0.1) is 4.75 Å². The summed E-state index contributed by atoms with van der Waals surface area (Å²) in [5.74, 6) is 0.640. The minimum atomic E-state index is -1.17. The number of halogens is 1. The molecule has 1 unspecified atom stereocenters. The molecule has 1 aromatic rings. The topological polar surface area (TPSA) is 29.4 Å². The van der Waals surface area contributed by atoms with E-state index in [9.17, 15) is 4.21 Å². The highest BCUT2D eigenvalue weighted by molar-refractivity contribution is 7.85. The molecule has 4 heteroatoms. The van der Waals surface area contributed by atoms with Crippen molar-refractivity contribution in [2.75, 3.05) is 5.88 Å². The monoisotopic (exact) mass is 351 g/mol. The van der Waals surface area contributed by atoms with Gasteiger partial charge in [0.25, 0.3) is 0 Å². The van der Waals surface area contributed by atoms with E-state index in [0.717, 1.165) is 37.8 Å². The minimum absolute atomic E-state index is 0.197. The van der Waals surface area contributed by atoms with Crippen molar-refractivity contribution in [3.63, 3.8) is 0 Å². The molecule has 3 aliphatic carbocycles. The number of alkyl halides is 1. The lowest BCUT2D eigenvalue weighted by molar-refractivity contribution is -0.0832. The van der Waals surface area contributed by atoms with Crippen molar-refractivity contribution in [2.24, 2.45) is 9.81 Å². The fraction of sp³-hybridized carbons (Fsp3) is 0.632. The molecular formula is C19H26ClNOS. The predicted octanol–water partition coefficient (Wildman–Crippen LogP) is 5.03. The predicted molar refractivity (Wildman–Crippen MR) is 99.7 cm³/mol. The third-order valence-electron chi connectivity index (χ3n) is 5.29. The first-order chi connectivity index (χ1) is 10.8. The van der Waals surface area contributed by atoms with Crippen LogP contribution in [0.25, 0.3) is 0 Å². The van der Waals surface area contributed by atoms with Gasteiger partial charge in [0.1, 0.15) is 11.0 Å². The van der Waals surface area contributed by atoms with Crippen LogP contribution >= 0.6 is 11.6 Å². The van der Waals surface area contributed by atoms with Crippen LogP contribution in [0.5, 0.6) is 0 Å². The van der Waals surface area contributed by atoms with Crippen molar-refractivity contribution in [3.8, 4) is 0 Å². The van der Waals surface area contributed by atoms with E-state index in [-0.39, 0.29) is 10.2 Å². The SMILES string of the molecule is CC(C)(C)S(=O)/N=C(/CCCCl)C12CC(c3ccccc3)(C1)C2. The number of rotatable bonds is 6. The second kappa shape index (κ2) is 6.00. The van der Waals surface area contributed by atoms with E-state index in [1.54, 1.807) is 0 Å². The van der Waals surface area contributed by atoms with Crippen LogP contribution in [-0.4, -0.2) is 20.5 Å². The van der Waals surface area contributed by atoms with Gasteiger partial charge in [-0.15, -0.1) is 11.6 Å². The summed E-state index contributed by atoms with van der Waals surface area (Å²) in [4.78, 5) is 0. The highest BCUT2D eigenvalue weighted by Gasteiger charge is 2.70. The van der Waals surface area contributed by atoms with Gasteiger partial charge in [-0.25, -0.2) is 4.21 Å². The fourth-order valence-corrected chi connectivity index (χ4v) is 4.96. The summed E-state index contributed by atoms with van der Waals surface area (Å²) in [5.41, 5.74) is 3.16. The number of benzene rings is 1. The van der Waals surface area contributed by atoms with Gasteiger partial charge in [0, 0.05) is 17.0 Å². The molecule has 0 saturated heterocycles. The van der Waals surface area contributed by atoms with Crippen molar-refractivity contribution in [1.82, 2.24) is 0 Å². The van der Waals surface area contributed by atoms with Crippen molar-refractivity contribution in [2.45, 2.75) is 63.0 Å². The van der Waals surface area contributed by atoms with Gasteiger partial charge >= 0.3 is 0 Å². The molecule has 0 N–H and O–H groups in total. The second-order valence-electron chi connectivity index (χ2n) is 8.15. The highest BCUT2D eigenvalue weighted by Crippen LogP contribution is 2.74. The molecule has 3 aliphatic rings. The molecule has 3 saturated carbocycles. The smallest absolute Gasteiger partial charge is 0.144 e. The lowest BCUT2D eigenvalue weighted by Gasteiger charge is -2.71. The van der Waals surface area contributed by atoms with Crippen LogP contribution in [0.15, 0.2) is 34.7 Å². The van der Waals surface area contributed by atoms with E-state index in [0.29, 0.717) is 11.3 Å². The normalized spacial score (nSPS) is 31.2. The molecule has 2 nitrogen and oxygen atoms in total. The average Bonchev–Trinajstić information content (AvgIpc) is 2.41. The summed E-state index contributed by atoms with van der Waals surface area (Å²) >= 11 is 5.89. The molecule has 0 radical (unpaired) electrons. The van der Waals surface area contributed by atoms with E-state index in [4.69, 9.17) is 11.6 Å². The number of hydrogen-bond acceptors (Lipinski definition) is 1. The molecule has 4 rings (SSSR count). The quantitative estimate of drug-likeness (QED) is 0.522. The molecule has 2 bridgehead atoms. The summed E-state index contributed by atoms with van der Waals surface area (Å²) in [6.45, 7) is 5.96. The minimum Gasteiger partial charge on any atom is -0.234 e. The number of hydrogen-bond donors (Lipinski definition) is 0. The molecule has 126 valence electrons. The Morgan fingerprint density at radius 2 is 1.83 bits per heavy atom. The van der Waals surface area contributed by atoms with Crippen LogP contribution in [0, 0.1) is 5.41 Å². The molecule has 0 spiro atoms. The zero-order valence-corrected chi connectivity index (χ0v) is 15.8. The van der Waals surface area contributed by atoms with E-state index >= 15 is 0 Å². The van der Waals surface area contributed by atoms with E-state index < -0.39 is 11.0 Å². The fourth-order valence-electron chi connectivity index (χ4n) is 4.07. The van der Waals surface area contributed by atoms with Crippen molar-refractivity contribution in [1.29, 1.82) is 0 Å². The standard InChI is InChI=1S/C19H26ClNOS/c1-17(2,3)23(22)21-16(10-7-11-20)19-12-18(13-19,14-19)15-8-5-4-6-9-15/h4-6,8-9H,7,10-14H2,1-3H3/b21-16-. The first-order valence-electron chi connectivity index (χ1n) is 8.43. The summed E-state index contributed by atoms with van der Waals surface area (Å²) in [7, 11) is -1.17. The van der Waals surface area contributed by atoms with E-state index in [1.807, 2.05) is 20.8 Å². The highest BCUT2D eigenvalue weighted by atomic mass is 35.5. The van der Waals surface area contributed by atoms with Crippen molar-refractivity contribution in [3.05, 3.63) is 35.9 Å². The van der Waals surface area contributed by atoms with Crippen LogP contribution in [0.3, 0.4) is 0 Å². The maximum Gasteiger partial charge on any atom is 0.144 e. The summed E-state index contributed by atoms with van der Waals surface area (Å²) in [6, 6.07) is 10.8. The zero-order valence-electron chi connectivity index (χ0n) is 14.3. The molecule has 1 atom stereocenters. The molecule has 0 aliphatic heterocycles. The van der Waals surface area contributed by atoms with Gasteiger partial charge in [0.2, 0.25) is 0 Å². The molecule has 0 aromatic heterocycles. The van der Waals surface area contributed by atoms with Gasteiger partial charge in [0.15, 0.2) is 0 Å². The summed E-state index contributed by atoms with van der Waals surface area (Å²) in [5, 5.41) is 0. The zero-order chi connectivity index (χ0) is 16.7. The van der Waals surface area contributed by atoms with Gasteiger partial charge < -0.3 is 0 Å². The number of nitrogens with zero attached hydrogens (tertiary/aromatic N) is 1. The molecule has 1 aromatic carbocycles. The first kappa shape index (κ1) is 17.2. The van der Waals surface area contributed by atoms with Gasteiger partial charge in [-0.1, -0.05) is 30.3 Å². The Hall–Kier alpha value is -0.670. The summed E-state index contributed by atoms with van der Waals surface area (Å²) in [6.07, 6.45) is 5.28. The lowest BCUT2D eigenvalue weighted by Crippen LogP contribution is -2.68. The van der Waals surface area contributed by atoms with Crippen LogP contribution in [0.1, 0.15) is 58.4 Å². The lowest BCUT2D eigenvalue weighted by atomic mass is 9.32. The second-order valence-corrected chi connectivity index (χ2v) is 10.4. The molecule has 0 amide bonds. The summed E-state index contributed by atoms with van der Waals surface area (Å²) < 4.78 is 16.9. The largest absolute Gasteiger partial charge is 0.234 e.